The van der Waals surface area contributed by atoms with Gasteiger partial charge in [-0.2, -0.15) is 0 Å². The van der Waals surface area contributed by atoms with Crippen LogP contribution in [-0.4, -0.2) is 32.2 Å². The summed E-state index contributed by atoms with van der Waals surface area (Å²) in [5.41, 5.74) is 0. The zero-order valence-corrected chi connectivity index (χ0v) is 15.3. The maximum absolute atomic E-state index is 4.24. The van der Waals surface area contributed by atoms with Crippen molar-refractivity contribution in [2.45, 2.75) is 84.2 Å². The van der Waals surface area contributed by atoms with Crippen molar-refractivity contribution in [1.29, 1.82) is 0 Å². The molecule has 0 amide bonds. The van der Waals surface area contributed by atoms with Crippen molar-refractivity contribution >= 4 is 8.07 Å². The quantitative estimate of drug-likeness (QED) is 0.616. The third-order valence-electron chi connectivity index (χ3n) is 4.97. The molecule has 0 aromatic rings. The van der Waals surface area contributed by atoms with Crippen molar-refractivity contribution in [3.05, 3.63) is 11.8 Å². The van der Waals surface area contributed by atoms with Gasteiger partial charge in [-0.3, -0.25) is 0 Å². The van der Waals surface area contributed by atoms with Gasteiger partial charge in [0.1, 0.15) is 0 Å². The minimum atomic E-state index is -1.24. The molecule has 118 valence electrons. The van der Waals surface area contributed by atoms with E-state index < -0.39 is 8.07 Å². The van der Waals surface area contributed by atoms with Gasteiger partial charge in [0.05, 0.1) is 8.07 Å². The Balaban J connectivity index is 2.45. The van der Waals surface area contributed by atoms with Gasteiger partial charge < -0.3 is 4.90 Å². The van der Waals surface area contributed by atoms with E-state index in [1.165, 1.54) is 88.7 Å². The van der Waals surface area contributed by atoms with Crippen LogP contribution in [0.2, 0.25) is 13.1 Å². The highest BCUT2D eigenvalue weighted by atomic mass is 28.3. The topological polar surface area (TPSA) is 3.24 Å². The molecule has 1 rings (SSSR count). The third kappa shape index (κ3) is 7.63. The summed E-state index contributed by atoms with van der Waals surface area (Å²) in [4.78, 5) is 2.76. The van der Waals surface area contributed by atoms with E-state index in [4.69, 9.17) is 0 Å². The van der Waals surface area contributed by atoms with Gasteiger partial charge in [-0.25, -0.2) is 0 Å². The number of hydrogen-bond acceptors (Lipinski definition) is 1. The standard InChI is InChI=1S/C18H37NSi/c1-18(2)20(3,4)17-19-15-13-11-9-7-5-6-8-10-12-14-16-19/h1,5-17H2,2-4H3. The van der Waals surface area contributed by atoms with E-state index in [0.29, 0.717) is 0 Å². The largest absolute Gasteiger partial charge is 0.306 e. The van der Waals surface area contributed by atoms with Crippen molar-refractivity contribution in [3.8, 4) is 0 Å². The Labute approximate surface area is 128 Å². The first-order valence-corrected chi connectivity index (χ1v) is 12.1. The number of rotatable bonds is 3. The monoisotopic (exact) mass is 295 g/mol. The molecular formula is C18H37NSi. The van der Waals surface area contributed by atoms with Crippen LogP contribution in [0.1, 0.15) is 71.1 Å². The van der Waals surface area contributed by atoms with E-state index in [9.17, 15) is 0 Å². The molecule has 0 radical (unpaired) electrons. The van der Waals surface area contributed by atoms with Crippen LogP contribution in [-0.2, 0) is 0 Å². The highest BCUT2D eigenvalue weighted by Gasteiger charge is 2.24. The van der Waals surface area contributed by atoms with Crippen LogP contribution in [0.4, 0.5) is 0 Å². The van der Waals surface area contributed by atoms with Gasteiger partial charge in [0, 0.05) is 0 Å². The van der Waals surface area contributed by atoms with Gasteiger partial charge in [-0.1, -0.05) is 69.7 Å². The van der Waals surface area contributed by atoms with Crippen molar-refractivity contribution in [1.82, 2.24) is 4.90 Å². The summed E-state index contributed by atoms with van der Waals surface area (Å²) < 4.78 is 0. The summed E-state index contributed by atoms with van der Waals surface area (Å²) in [6, 6.07) is 0. The third-order valence-corrected chi connectivity index (χ3v) is 8.52. The van der Waals surface area contributed by atoms with Crippen LogP contribution >= 0.6 is 0 Å². The Hall–Kier alpha value is -0.0831. The number of nitrogens with zero attached hydrogens (tertiary/aromatic N) is 1. The molecule has 0 aliphatic carbocycles. The molecule has 0 aromatic heterocycles. The van der Waals surface area contributed by atoms with Crippen molar-refractivity contribution in [2.24, 2.45) is 0 Å². The molecule has 20 heavy (non-hydrogen) atoms. The first kappa shape index (κ1) is 18.0. The fourth-order valence-corrected chi connectivity index (χ4v) is 4.75. The molecule has 0 bridgehead atoms. The minimum Gasteiger partial charge on any atom is -0.306 e. The molecule has 1 aliphatic rings. The van der Waals surface area contributed by atoms with E-state index in [-0.39, 0.29) is 0 Å². The highest BCUT2D eigenvalue weighted by molar-refractivity contribution is 6.84. The molecule has 0 unspecified atom stereocenters. The zero-order valence-electron chi connectivity index (χ0n) is 14.3. The lowest BCUT2D eigenvalue weighted by atomic mass is 10.1. The molecule has 0 atom stereocenters. The molecule has 1 nitrogen and oxygen atoms in total. The smallest absolute Gasteiger partial charge is 0.0886 e. The first-order valence-electron chi connectivity index (χ1n) is 8.91. The second-order valence-electron chi connectivity index (χ2n) is 7.48. The Morgan fingerprint density at radius 1 is 0.800 bits per heavy atom. The van der Waals surface area contributed by atoms with Crippen LogP contribution in [0.5, 0.6) is 0 Å². The van der Waals surface area contributed by atoms with E-state index in [2.05, 4.69) is 31.5 Å². The Bertz CT molecular complexity index is 259. The molecule has 0 saturated carbocycles. The van der Waals surface area contributed by atoms with E-state index in [1.54, 1.807) is 0 Å². The molecule has 1 fully saturated rings. The fraction of sp³-hybridized carbons (Fsp3) is 0.889. The molecule has 1 aliphatic heterocycles. The van der Waals surface area contributed by atoms with Gasteiger partial charge >= 0.3 is 0 Å². The SMILES string of the molecule is C=C(C)[Si](C)(C)CN1CCCCCCCCCCCC1. The molecule has 1 heterocycles. The predicted octanol–water partition coefficient (Wildman–Crippen LogP) is 5.57. The van der Waals surface area contributed by atoms with E-state index in [0.717, 1.165) is 0 Å². The molecule has 0 N–H and O–H groups in total. The van der Waals surface area contributed by atoms with Gasteiger partial charge in [0.2, 0.25) is 0 Å². The van der Waals surface area contributed by atoms with Gasteiger partial charge in [-0.05, 0) is 39.0 Å². The highest BCUT2D eigenvalue weighted by Crippen LogP contribution is 2.17. The van der Waals surface area contributed by atoms with Crippen molar-refractivity contribution in [3.63, 3.8) is 0 Å². The van der Waals surface area contributed by atoms with Crippen molar-refractivity contribution < 1.29 is 0 Å². The molecule has 0 aromatic carbocycles. The Kier molecular flexibility index (Phi) is 8.79. The van der Waals surface area contributed by atoms with Crippen LogP contribution in [0.15, 0.2) is 11.8 Å². The Morgan fingerprint density at radius 3 is 1.50 bits per heavy atom. The van der Waals surface area contributed by atoms with Crippen LogP contribution in [0, 0.1) is 0 Å². The van der Waals surface area contributed by atoms with E-state index >= 15 is 0 Å². The van der Waals surface area contributed by atoms with Gasteiger partial charge in [0.15, 0.2) is 0 Å². The van der Waals surface area contributed by atoms with Crippen LogP contribution in [0.25, 0.3) is 0 Å². The zero-order chi connectivity index (χ0) is 14.8. The molecule has 2 heteroatoms. The maximum atomic E-state index is 4.24. The maximum Gasteiger partial charge on any atom is 0.0886 e. The molecular weight excluding hydrogens is 258 g/mol. The lowest BCUT2D eigenvalue weighted by Gasteiger charge is -2.32. The summed E-state index contributed by atoms with van der Waals surface area (Å²) in [7, 11) is -1.24. The lowest BCUT2D eigenvalue weighted by molar-refractivity contribution is 0.296. The second-order valence-corrected chi connectivity index (χ2v) is 12.4. The summed E-state index contributed by atoms with van der Waals surface area (Å²) in [5, 5.41) is 1.46. The normalized spacial score (nSPS) is 21.6. The predicted molar refractivity (Wildman–Crippen MR) is 94.9 cm³/mol. The van der Waals surface area contributed by atoms with Crippen LogP contribution in [0.3, 0.4) is 0 Å². The van der Waals surface area contributed by atoms with Crippen molar-refractivity contribution in [2.75, 3.05) is 19.3 Å². The average molecular weight is 296 g/mol. The Morgan fingerprint density at radius 2 is 1.15 bits per heavy atom. The van der Waals surface area contributed by atoms with Gasteiger partial charge in [-0.15, -0.1) is 6.58 Å². The summed E-state index contributed by atoms with van der Waals surface area (Å²) in [6.45, 7) is 14.1. The summed E-state index contributed by atoms with van der Waals surface area (Å²) in [5.74, 6) is 0. The van der Waals surface area contributed by atoms with E-state index in [1.807, 2.05) is 0 Å². The average Bonchev–Trinajstić information content (AvgIpc) is 2.40. The first-order chi connectivity index (χ1) is 9.52. The number of allylic oxidation sites excluding steroid dienone is 1. The lowest BCUT2D eigenvalue weighted by Crippen LogP contribution is -2.44. The van der Waals surface area contributed by atoms with Gasteiger partial charge in [0.25, 0.3) is 0 Å². The summed E-state index contributed by atoms with van der Waals surface area (Å²) >= 11 is 0. The second kappa shape index (κ2) is 9.78. The molecule has 1 saturated heterocycles. The summed E-state index contributed by atoms with van der Waals surface area (Å²) in [6.07, 6.45) is 15.8. The molecule has 0 spiro atoms. The number of hydrogen-bond donors (Lipinski definition) is 0. The fourth-order valence-electron chi connectivity index (χ4n) is 3.05. The van der Waals surface area contributed by atoms with Crippen LogP contribution < -0.4 is 0 Å². The minimum absolute atomic E-state index is 1.24.